The molecule has 1 aromatic rings. The lowest BCUT2D eigenvalue weighted by atomic mass is 9.86. The van der Waals surface area contributed by atoms with Gasteiger partial charge in [0.15, 0.2) is 5.76 Å². The zero-order valence-electron chi connectivity index (χ0n) is 11.8. The number of nitrogens with zero attached hydrogens (tertiary/aromatic N) is 2. The zero-order chi connectivity index (χ0) is 14.2. The van der Waals surface area contributed by atoms with Crippen LogP contribution in [0.4, 0.5) is 0 Å². The van der Waals surface area contributed by atoms with E-state index in [9.17, 15) is 9.59 Å². The number of amides is 2. The van der Waals surface area contributed by atoms with Crippen LogP contribution in [0, 0.1) is 0 Å². The molecule has 5 heteroatoms. The van der Waals surface area contributed by atoms with Gasteiger partial charge in [-0.15, -0.1) is 0 Å². The van der Waals surface area contributed by atoms with Crippen LogP contribution in [0.5, 0.6) is 0 Å². The second-order valence-electron chi connectivity index (χ2n) is 5.67. The van der Waals surface area contributed by atoms with Crippen molar-refractivity contribution in [3.05, 3.63) is 24.2 Å². The molecule has 1 atom stereocenters. The molecule has 3 heterocycles. The summed E-state index contributed by atoms with van der Waals surface area (Å²) in [4.78, 5) is 28.2. The maximum Gasteiger partial charge on any atom is 0.289 e. The van der Waals surface area contributed by atoms with Crippen molar-refractivity contribution in [3.8, 4) is 0 Å². The molecule has 108 valence electrons. The van der Waals surface area contributed by atoms with Crippen molar-refractivity contribution in [1.29, 1.82) is 0 Å². The molecule has 0 unspecified atom stereocenters. The van der Waals surface area contributed by atoms with E-state index in [-0.39, 0.29) is 17.4 Å². The van der Waals surface area contributed by atoms with E-state index < -0.39 is 0 Å². The maximum absolute atomic E-state index is 12.4. The second-order valence-corrected chi connectivity index (χ2v) is 5.67. The Balaban J connectivity index is 1.80. The molecule has 2 saturated heterocycles. The van der Waals surface area contributed by atoms with Crippen LogP contribution in [0.15, 0.2) is 22.8 Å². The molecule has 0 radical (unpaired) electrons. The number of hydrogen-bond acceptors (Lipinski definition) is 3. The van der Waals surface area contributed by atoms with Crippen molar-refractivity contribution in [2.45, 2.75) is 38.1 Å². The highest BCUT2D eigenvalue weighted by atomic mass is 16.3. The van der Waals surface area contributed by atoms with Gasteiger partial charge < -0.3 is 14.2 Å². The highest BCUT2D eigenvalue weighted by Crippen LogP contribution is 2.37. The molecule has 0 N–H and O–H groups in total. The van der Waals surface area contributed by atoms with E-state index in [1.165, 1.54) is 6.26 Å². The maximum atomic E-state index is 12.4. The molecule has 0 bridgehead atoms. The van der Waals surface area contributed by atoms with Gasteiger partial charge in [0, 0.05) is 26.1 Å². The van der Waals surface area contributed by atoms with Gasteiger partial charge in [-0.25, -0.2) is 0 Å². The fraction of sp³-hybridized carbons (Fsp3) is 0.600. The van der Waals surface area contributed by atoms with Crippen molar-refractivity contribution < 1.29 is 14.0 Å². The van der Waals surface area contributed by atoms with Crippen molar-refractivity contribution in [1.82, 2.24) is 9.80 Å². The summed E-state index contributed by atoms with van der Waals surface area (Å²) in [5, 5.41) is 0. The van der Waals surface area contributed by atoms with Crippen LogP contribution in [0.3, 0.4) is 0 Å². The van der Waals surface area contributed by atoms with E-state index in [4.69, 9.17) is 4.42 Å². The largest absolute Gasteiger partial charge is 0.459 e. The topological polar surface area (TPSA) is 53.8 Å². The van der Waals surface area contributed by atoms with Crippen molar-refractivity contribution in [2.24, 2.45) is 0 Å². The first-order chi connectivity index (χ1) is 9.66. The second kappa shape index (κ2) is 4.96. The third kappa shape index (κ3) is 2.01. The average Bonchev–Trinajstić information content (AvgIpc) is 3.08. The molecule has 1 aromatic heterocycles. The van der Waals surface area contributed by atoms with Crippen LogP contribution in [0.25, 0.3) is 0 Å². The number of furan rings is 1. The molecule has 2 aliphatic rings. The Morgan fingerprint density at radius 1 is 1.45 bits per heavy atom. The smallest absolute Gasteiger partial charge is 0.289 e. The summed E-state index contributed by atoms with van der Waals surface area (Å²) >= 11 is 0. The van der Waals surface area contributed by atoms with Crippen molar-refractivity contribution >= 4 is 11.8 Å². The van der Waals surface area contributed by atoms with E-state index in [1.54, 1.807) is 12.1 Å². The monoisotopic (exact) mass is 276 g/mol. The Kier molecular flexibility index (Phi) is 3.28. The molecule has 2 fully saturated rings. The lowest BCUT2D eigenvalue weighted by molar-refractivity contribution is -0.132. The van der Waals surface area contributed by atoms with Crippen LogP contribution in [-0.2, 0) is 4.79 Å². The van der Waals surface area contributed by atoms with Crippen LogP contribution in [0.1, 0.15) is 43.2 Å². The Morgan fingerprint density at radius 3 is 3.00 bits per heavy atom. The standard InChI is InChI=1S/C15H20N2O3/c1-2-17-13(18)6-8-15(17)7-4-9-16(11-15)14(19)12-5-3-10-20-12/h3,5,10H,2,4,6-9,11H2,1H3/t15-/m0/s1. The molecule has 2 amide bonds. The predicted molar refractivity (Wildman–Crippen MR) is 73.2 cm³/mol. The molecule has 0 aromatic carbocycles. The lowest BCUT2D eigenvalue weighted by Gasteiger charge is -2.45. The molecular formula is C15H20N2O3. The summed E-state index contributed by atoms with van der Waals surface area (Å²) in [5.74, 6) is 0.540. The van der Waals surface area contributed by atoms with Crippen LogP contribution in [-0.4, -0.2) is 46.8 Å². The van der Waals surface area contributed by atoms with E-state index in [0.29, 0.717) is 18.7 Å². The van der Waals surface area contributed by atoms with Gasteiger partial charge >= 0.3 is 0 Å². The zero-order valence-corrected chi connectivity index (χ0v) is 11.8. The third-order valence-electron chi connectivity index (χ3n) is 4.57. The highest BCUT2D eigenvalue weighted by molar-refractivity contribution is 5.91. The van der Waals surface area contributed by atoms with Gasteiger partial charge in [0.1, 0.15) is 0 Å². The van der Waals surface area contributed by atoms with Crippen LogP contribution >= 0.6 is 0 Å². The third-order valence-corrected chi connectivity index (χ3v) is 4.57. The number of rotatable bonds is 2. The number of carbonyl (C=O) groups excluding carboxylic acids is 2. The van der Waals surface area contributed by atoms with E-state index in [0.717, 1.165) is 32.4 Å². The van der Waals surface area contributed by atoms with Gasteiger partial charge in [-0.05, 0) is 38.3 Å². The highest BCUT2D eigenvalue weighted by Gasteiger charge is 2.47. The molecular weight excluding hydrogens is 256 g/mol. The molecule has 0 saturated carbocycles. The average molecular weight is 276 g/mol. The molecule has 2 aliphatic heterocycles. The van der Waals surface area contributed by atoms with Crippen molar-refractivity contribution in [3.63, 3.8) is 0 Å². The van der Waals surface area contributed by atoms with Gasteiger partial charge in [-0.3, -0.25) is 9.59 Å². The minimum absolute atomic E-state index is 0.0653. The van der Waals surface area contributed by atoms with Gasteiger partial charge in [0.25, 0.3) is 5.91 Å². The number of piperidine rings is 1. The number of hydrogen-bond donors (Lipinski definition) is 0. The number of likely N-dealkylation sites (N-methyl/N-ethyl adjacent to an activating group) is 1. The lowest BCUT2D eigenvalue weighted by Crippen LogP contribution is -2.57. The number of carbonyl (C=O) groups is 2. The minimum Gasteiger partial charge on any atom is -0.459 e. The van der Waals surface area contributed by atoms with Gasteiger partial charge in [0.05, 0.1) is 11.8 Å². The first-order valence-corrected chi connectivity index (χ1v) is 7.29. The van der Waals surface area contributed by atoms with Gasteiger partial charge in [-0.1, -0.05) is 0 Å². The van der Waals surface area contributed by atoms with Crippen molar-refractivity contribution in [2.75, 3.05) is 19.6 Å². The Bertz CT molecular complexity index is 511. The summed E-state index contributed by atoms with van der Waals surface area (Å²) in [6, 6.07) is 3.42. The summed E-state index contributed by atoms with van der Waals surface area (Å²) < 4.78 is 5.20. The summed E-state index contributed by atoms with van der Waals surface area (Å²) in [5.41, 5.74) is -0.146. The SMILES string of the molecule is CCN1C(=O)CC[C@]12CCCN(C(=O)c1ccco1)C2. The quantitative estimate of drug-likeness (QED) is 0.829. The first kappa shape index (κ1) is 13.2. The van der Waals surface area contributed by atoms with E-state index in [1.807, 2.05) is 16.7 Å². The summed E-state index contributed by atoms with van der Waals surface area (Å²) in [6.45, 7) is 4.11. The number of likely N-dealkylation sites (tertiary alicyclic amines) is 2. The molecule has 5 nitrogen and oxygen atoms in total. The molecule has 20 heavy (non-hydrogen) atoms. The van der Waals surface area contributed by atoms with E-state index >= 15 is 0 Å². The molecule has 1 spiro atoms. The normalized spacial score (nSPS) is 26.6. The van der Waals surface area contributed by atoms with Crippen LogP contribution < -0.4 is 0 Å². The van der Waals surface area contributed by atoms with E-state index in [2.05, 4.69) is 0 Å². The van der Waals surface area contributed by atoms with Gasteiger partial charge in [-0.2, -0.15) is 0 Å². The molecule has 0 aliphatic carbocycles. The summed E-state index contributed by atoms with van der Waals surface area (Å²) in [7, 11) is 0. The predicted octanol–water partition coefficient (Wildman–Crippen LogP) is 1.90. The fourth-order valence-electron chi connectivity index (χ4n) is 3.65. The fourth-order valence-corrected chi connectivity index (χ4v) is 3.65. The Labute approximate surface area is 118 Å². The Hall–Kier alpha value is -1.78. The van der Waals surface area contributed by atoms with Gasteiger partial charge in [0.2, 0.25) is 5.91 Å². The molecule has 3 rings (SSSR count). The summed E-state index contributed by atoms with van der Waals surface area (Å²) in [6.07, 6.45) is 4.92. The van der Waals surface area contributed by atoms with Crippen LogP contribution in [0.2, 0.25) is 0 Å². The minimum atomic E-state index is -0.146. The Morgan fingerprint density at radius 2 is 2.30 bits per heavy atom. The first-order valence-electron chi connectivity index (χ1n) is 7.29.